The van der Waals surface area contributed by atoms with Crippen LogP contribution in [0.5, 0.6) is 0 Å². The molecule has 1 aliphatic rings. The molecule has 3 aromatic rings. The van der Waals surface area contributed by atoms with E-state index in [4.69, 9.17) is 4.42 Å². The Morgan fingerprint density at radius 1 is 1.03 bits per heavy atom. The van der Waals surface area contributed by atoms with Crippen LogP contribution in [0.25, 0.3) is 0 Å². The highest BCUT2D eigenvalue weighted by Crippen LogP contribution is 2.18. The highest BCUT2D eigenvalue weighted by Gasteiger charge is 2.26. The zero-order valence-corrected chi connectivity index (χ0v) is 17.7. The summed E-state index contributed by atoms with van der Waals surface area (Å²) in [6.45, 7) is 1.72. The molecule has 0 aliphatic carbocycles. The summed E-state index contributed by atoms with van der Waals surface area (Å²) in [6.07, 6.45) is 1.56. The van der Waals surface area contributed by atoms with E-state index in [0.29, 0.717) is 42.7 Å². The Labute approximate surface area is 186 Å². The second-order valence-corrected chi connectivity index (χ2v) is 7.92. The van der Waals surface area contributed by atoms with Gasteiger partial charge in [0.25, 0.3) is 5.91 Å². The first kappa shape index (κ1) is 21.5. The number of nitrogens with one attached hydrogen (secondary N) is 2. The lowest BCUT2D eigenvalue weighted by atomic mass is 10.2. The summed E-state index contributed by atoms with van der Waals surface area (Å²) in [5, 5.41) is 7.23. The molecular weight excluding hydrogens is 437 g/mol. The van der Waals surface area contributed by atoms with Gasteiger partial charge in [0.2, 0.25) is 5.91 Å². The number of piperazine rings is 1. The fraction of sp³-hybridized carbons (Fsp3) is 0.238. The predicted molar refractivity (Wildman–Crippen MR) is 116 cm³/mol. The molecule has 2 aromatic heterocycles. The number of aromatic nitrogens is 1. The Morgan fingerprint density at radius 3 is 2.44 bits per heavy atom. The number of carbonyl (C=O) groups is 3. The third-order valence-corrected chi connectivity index (χ3v) is 5.66. The first-order chi connectivity index (χ1) is 15.5. The van der Waals surface area contributed by atoms with E-state index < -0.39 is 11.8 Å². The van der Waals surface area contributed by atoms with Crippen LogP contribution in [0.1, 0.15) is 16.2 Å². The molecule has 0 unspecified atom stereocenters. The Balaban J connectivity index is 1.24. The van der Waals surface area contributed by atoms with Crippen molar-refractivity contribution in [3.8, 4) is 0 Å². The molecule has 1 saturated heterocycles. The van der Waals surface area contributed by atoms with Crippen LogP contribution in [-0.2, 0) is 11.2 Å². The molecule has 9 nitrogen and oxygen atoms in total. The zero-order chi connectivity index (χ0) is 22.5. The van der Waals surface area contributed by atoms with E-state index in [1.807, 2.05) is 0 Å². The van der Waals surface area contributed by atoms with Crippen LogP contribution in [0.15, 0.2) is 52.5 Å². The molecule has 0 atom stereocenters. The molecule has 1 aromatic carbocycles. The van der Waals surface area contributed by atoms with E-state index in [9.17, 15) is 18.8 Å². The maximum atomic E-state index is 12.9. The van der Waals surface area contributed by atoms with Gasteiger partial charge in [-0.1, -0.05) is 0 Å². The minimum atomic E-state index is -0.513. The lowest BCUT2D eigenvalue weighted by molar-refractivity contribution is -0.132. The van der Waals surface area contributed by atoms with Gasteiger partial charge in [-0.05, 0) is 36.4 Å². The minimum absolute atomic E-state index is 0.0947. The molecule has 0 saturated carbocycles. The number of thiazole rings is 1. The van der Waals surface area contributed by atoms with Crippen molar-refractivity contribution >= 4 is 40.0 Å². The SMILES string of the molecule is O=C(Nc1ccc(F)cc1)Nc1nc(CC(=O)N2CCN(C(=O)c3ccco3)CC2)cs1. The molecular formula is C21H20FN5O4S. The number of urea groups is 1. The standard InChI is InChI=1S/C21H20FN5O4S/c22-14-3-5-15(6-4-14)23-20(30)25-21-24-16(13-32-21)12-18(28)26-7-9-27(10-8-26)19(29)17-2-1-11-31-17/h1-6,11,13H,7-10,12H2,(H2,23,24,25,30). The molecule has 0 bridgehead atoms. The van der Waals surface area contributed by atoms with Gasteiger partial charge in [-0.25, -0.2) is 14.2 Å². The van der Waals surface area contributed by atoms with Crippen molar-refractivity contribution in [2.24, 2.45) is 0 Å². The first-order valence-electron chi connectivity index (χ1n) is 9.86. The second-order valence-electron chi connectivity index (χ2n) is 7.06. The summed E-state index contributed by atoms with van der Waals surface area (Å²) in [5.41, 5.74) is 0.992. The fourth-order valence-electron chi connectivity index (χ4n) is 3.22. The number of hydrogen-bond donors (Lipinski definition) is 2. The van der Waals surface area contributed by atoms with Gasteiger partial charge in [-0.15, -0.1) is 11.3 Å². The number of furan rings is 1. The van der Waals surface area contributed by atoms with Crippen LogP contribution in [0.4, 0.5) is 20.0 Å². The van der Waals surface area contributed by atoms with Crippen molar-refractivity contribution in [3.63, 3.8) is 0 Å². The van der Waals surface area contributed by atoms with Crippen molar-refractivity contribution < 1.29 is 23.2 Å². The van der Waals surface area contributed by atoms with Gasteiger partial charge >= 0.3 is 6.03 Å². The molecule has 166 valence electrons. The van der Waals surface area contributed by atoms with Gasteiger partial charge in [0.05, 0.1) is 18.4 Å². The maximum absolute atomic E-state index is 12.9. The number of hydrogen-bond acceptors (Lipinski definition) is 6. The molecule has 1 aliphatic heterocycles. The van der Waals surface area contributed by atoms with Crippen molar-refractivity contribution in [2.45, 2.75) is 6.42 Å². The number of benzene rings is 1. The van der Waals surface area contributed by atoms with Crippen LogP contribution in [0.2, 0.25) is 0 Å². The van der Waals surface area contributed by atoms with Crippen LogP contribution in [0.3, 0.4) is 0 Å². The number of carbonyl (C=O) groups excluding carboxylic acids is 3. The van der Waals surface area contributed by atoms with Gasteiger partial charge in [0.15, 0.2) is 10.9 Å². The normalized spacial score (nSPS) is 13.7. The first-order valence-corrected chi connectivity index (χ1v) is 10.7. The molecule has 0 radical (unpaired) electrons. The maximum Gasteiger partial charge on any atom is 0.325 e. The van der Waals surface area contributed by atoms with Crippen molar-refractivity contribution in [1.29, 1.82) is 0 Å². The molecule has 1 fully saturated rings. The predicted octanol–water partition coefficient (Wildman–Crippen LogP) is 3.05. The monoisotopic (exact) mass is 457 g/mol. The molecule has 3 heterocycles. The summed E-state index contributed by atoms with van der Waals surface area (Å²) >= 11 is 1.21. The highest BCUT2D eigenvalue weighted by molar-refractivity contribution is 7.14. The third kappa shape index (κ3) is 5.30. The van der Waals surface area contributed by atoms with Crippen molar-refractivity contribution in [3.05, 3.63) is 65.3 Å². The van der Waals surface area contributed by atoms with E-state index in [1.165, 1.54) is 41.9 Å². The average molecular weight is 457 g/mol. The second kappa shape index (κ2) is 9.60. The van der Waals surface area contributed by atoms with Crippen LogP contribution >= 0.6 is 11.3 Å². The molecule has 11 heteroatoms. The number of nitrogens with zero attached hydrogens (tertiary/aromatic N) is 3. The lowest BCUT2D eigenvalue weighted by Crippen LogP contribution is -2.50. The molecule has 32 heavy (non-hydrogen) atoms. The van der Waals surface area contributed by atoms with Gasteiger partial charge < -0.3 is 19.5 Å². The van der Waals surface area contributed by atoms with Crippen molar-refractivity contribution in [1.82, 2.24) is 14.8 Å². The Kier molecular flexibility index (Phi) is 6.45. The number of rotatable bonds is 5. The van der Waals surface area contributed by atoms with E-state index >= 15 is 0 Å². The van der Waals surface area contributed by atoms with Crippen LogP contribution in [0, 0.1) is 5.82 Å². The topological polar surface area (TPSA) is 108 Å². The molecule has 2 N–H and O–H groups in total. The Bertz CT molecular complexity index is 1090. The summed E-state index contributed by atoms with van der Waals surface area (Å²) < 4.78 is 18.1. The van der Waals surface area contributed by atoms with Crippen LogP contribution < -0.4 is 10.6 Å². The number of anilines is 2. The highest BCUT2D eigenvalue weighted by atomic mass is 32.1. The Hall–Kier alpha value is -3.73. The quantitative estimate of drug-likeness (QED) is 0.612. The summed E-state index contributed by atoms with van der Waals surface area (Å²) in [5.74, 6) is -0.384. The molecule has 4 rings (SSSR count). The van der Waals surface area contributed by atoms with Gasteiger partial charge in [0, 0.05) is 37.2 Å². The fourth-order valence-corrected chi connectivity index (χ4v) is 3.93. The number of amides is 4. The van der Waals surface area contributed by atoms with E-state index in [0.717, 1.165) is 0 Å². The van der Waals surface area contributed by atoms with E-state index in [1.54, 1.807) is 27.3 Å². The smallest absolute Gasteiger partial charge is 0.325 e. The van der Waals surface area contributed by atoms with Crippen molar-refractivity contribution in [2.75, 3.05) is 36.8 Å². The lowest BCUT2D eigenvalue weighted by Gasteiger charge is -2.34. The van der Waals surface area contributed by atoms with Crippen LogP contribution in [-0.4, -0.2) is 58.8 Å². The van der Waals surface area contributed by atoms with Gasteiger partial charge in [-0.2, -0.15) is 0 Å². The Morgan fingerprint density at radius 2 is 1.75 bits per heavy atom. The summed E-state index contributed by atoms with van der Waals surface area (Å²) in [4.78, 5) is 44.6. The largest absolute Gasteiger partial charge is 0.459 e. The third-order valence-electron chi connectivity index (χ3n) is 4.86. The average Bonchev–Trinajstić information content (AvgIpc) is 3.47. The summed E-state index contributed by atoms with van der Waals surface area (Å²) in [7, 11) is 0. The molecule has 4 amide bonds. The van der Waals surface area contributed by atoms with E-state index in [-0.39, 0.29) is 24.0 Å². The van der Waals surface area contributed by atoms with E-state index in [2.05, 4.69) is 15.6 Å². The summed E-state index contributed by atoms with van der Waals surface area (Å²) in [6, 6.07) is 8.15. The van der Waals surface area contributed by atoms with Gasteiger partial charge in [-0.3, -0.25) is 14.9 Å². The minimum Gasteiger partial charge on any atom is -0.459 e. The van der Waals surface area contributed by atoms with Gasteiger partial charge in [0.1, 0.15) is 5.82 Å². The zero-order valence-electron chi connectivity index (χ0n) is 16.9. The molecule has 0 spiro atoms. The number of halogens is 1.